The standard InChI is InChI=1S/C31H26N6O5S2/c1-39-22-13-20(14-23(40-2)26(22)41-3)35-31-37-28(32)27(44-31)30-36-21(15-43-30)18-10-7-11-19(12-18)34-29(38)24-25(42-16-33-24)17-8-5-4-6-9-17/h4-16H,32H2,1-3H3,(H,34,38)(H,35,37). The zero-order chi connectivity index (χ0) is 30.6. The zero-order valence-corrected chi connectivity index (χ0v) is 25.4. The first-order valence-electron chi connectivity index (χ1n) is 13.2. The van der Waals surface area contributed by atoms with E-state index in [9.17, 15) is 4.79 Å². The molecule has 0 unspecified atom stereocenters. The maximum Gasteiger partial charge on any atom is 0.278 e. The average molecular weight is 627 g/mol. The molecule has 0 fully saturated rings. The van der Waals surface area contributed by atoms with Crippen molar-refractivity contribution in [2.45, 2.75) is 0 Å². The third kappa shape index (κ3) is 5.78. The number of nitrogens with one attached hydrogen (secondary N) is 2. The summed E-state index contributed by atoms with van der Waals surface area (Å²) in [6, 6.07) is 20.4. The Morgan fingerprint density at radius 2 is 1.64 bits per heavy atom. The molecule has 6 aromatic rings. The molecule has 44 heavy (non-hydrogen) atoms. The van der Waals surface area contributed by atoms with E-state index in [0.717, 1.165) is 26.7 Å². The monoisotopic (exact) mass is 626 g/mol. The molecule has 222 valence electrons. The van der Waals surface area contributed by atoms with Crippen LogP contribution in [0.15, 0.2) is 82.9 Å². The number of carbonyl (C=O) groups excluding carboxylic acids is 1. The third-order valence-corrected chi connectivity index (χ3v) is 8.48. The molecule has 0 atom stereocenters. The van der Waals surface area contributed by atoms with Crippen LogP contribution in [-0.4, -0.2) is 42.2 Å². The maximum atomic E-state index is 13.1. The van der Waals surface area contributed by atoms with Crippen LogP contribution in [0.2, 0.25) is 0 Å². The molecule has 3 aromatic heterocycles. The first kappa shape index (κ1) is 28.7. The van der Waals surface area contributed by atoms with Gasteiger partial charge in [0.2, 0.25) is 5.75 Å². The topological polar surface area (TPSA) is 147 Å². The van der Waals surface area contributed by atoms with Gasteiger partial charge in [-0.15, -0.1) is 11.3 Å². The van der Waals surface area contributed by atoms with E-state index in [2.05, 4.69) is 20.6 Å². The van der Waals surface area contributed by atoms with Gasteiger partial charge in [-0.3, -0.25) is 4.79 Å². The smallest absolute Gasteiger partial charge is 0.278 e. The summed E-state index contributed by atoms with van der Waals surface area (Å²) in [6.45, 7) is 0. The number of methoxy groups -OCH3 is 3. The Kier molecular flexibility index (Phi) is 8.12. The van der Waals surface area contributed by atoms with Gasteiger partial charge in [0.25, 0.3) is 5.91 Å². The first-order valence-corrected chi connectivity index (χ1v) is 14.9. The minimum Gasteiger partial charge on any atom is -0.493 e. The van der Waals surface area contributed by atoms with Gasteiger partial charge in [-0.2, -0.15) is 0 Å². The third-order valence-electron chi connectivity index (χ3n) is 6.50. The summed E-state index contributed by atoms with van der Waals surface area (Å²) in [4.78, 5) is 27.3. The second-order valence-corrected chi connectivity index (χ2v) is 11.1. The first-order chi connectivity index (χ1) is 21.5. The number of nitrogens with zero attached hydrogens (tertiary/aromatic N) is 3. The number of carbonyl (C=O) groups is 1. The van der Waals surface area contributed by atoms with E-state index in [1.165, 1.54) is 29.1 Å². The SMILES string of the molecule is COc1cc(Nc2nc(N)c(-c3nc(-c4cccc(NC(=O)c5ncoc5-c5ccccc5)c4)cs3)s2)cc(OC)c1OC. The van der Waals surface area contributed by atoms with Crippen molar-refractivity contribution in [2.75, 3.05) is 37.7 Å². The van der Waals surface area contributed by atoms with Crippen molar-refractivity contribution >= 4 is 50.9 Å². The minimum absolute atomic E-state index is 0.203. The summed E-state index contributed by atoms with van der Waals surface area (Å²) in [6.07, 6.45) is 1.27. The van der Waals surface area contributed by atoms with E-state index < -0.39 is 0 Å². The number of hydrogen-bond donors (Lipinski definition) is 3. The quantitative estimate of drug-likeness (QED) is 0.143. The van der Waals surface area contributed by atoms with Crippen LogP contribution >= 0.6 is 22.7 Å². The summed E-state index contributed by atoms with van der Waals surface area (Å²) >= 11 is 2.83. The Balaban J connectivity index is 1.20. The molecule has 0 bridgehead atoms. The van der Waals surface area contributed by atoms with Crippen molar-refractivity contribution in [1.82, 2.24) is 15.0 Å². The molecule has 0 spiro atoms. The van der Waals surface area contributed by atoms with Crippen molar-refractivity contribution in [3.63, 3.8) is 0 Å². The highest BCUT2D eigenvalue weighted by atomic mass is 32.1. The lowest BCUT2D eigenvalue weighted by Gasteiger charge is -2.14. The van der Waals surface area contributed by atoms with Gasteiger partial charge in [0, 0.05) is 40.0 Å². The predicted molar refractivity (Wildman–Crippen MR) is 172 cm³/mol. The van der Waals surface area contributed by atoms with Crippen LogP contribution in [0.5, 0.6) is 17.2 Å². The number of oxazole rings is 1. The molecule has 0 radical (unpaired) electrons. The second kappa shape index (κ2) is 12.5. The fourth-order valence-corrected chi connectivity index (χ4v) is 6.31. The number of hydrogen-bond acceptors (Lipinski definition) is 12. The highest BCUT2D eigenvalue weighted by molar-refractivity contribution is 7.23. The van der Waals surface area contributed by atoms with E-state index in [1.54, 1.807) is 39.5 Å². The number of amides is 1. The van der Waals surface area contributed by atoms with Crippen molar-refractivity contribution in [3.05, 3.63) is 84.2 Å². The molecule has 4 N–H and O–H groups in total. The average Bonchev–Trinajstić information content (AvgIpc) is 3.81. The fourth-order valence-electron chi connectivity index (χ4n) is 4.47. The lowest BCUT2D eigenvalue weighted by atomic mass is 10.1. The van der Waals surface area contributed by atoms with Gasteiger partial charge in [-0.1, -0.05) is 53.8 Å². The fraction of sp³-hybridized carbons (Fsp3) is 0.0968. The molecule has 13 heteroatoms. The van der Waals surface area contributed by atoms with Crippen LogP contribution < -0.4 is 30.6 Å². The van der Waals surface area contributed by atoms with Gasteiger partial charge in [-0.25, -0.2) is 15.0 Å². The molecule has 0 aliphatic carbocycles. The number of nitrogen functional groups attached to an aromatic ring is 1. The predicted octanol–water partition coefficient (Wildman–Crippen LogP) is 7.19. The van der Waals surface area contributed by atoms with E-state index >= 15 is 0 Å². The van der Waals surface area contributed by atoms with E-state index in [0.29, 0.717) is 45.3 Å². The highest BCUT2D eigenvalue weighted by Gasteiger charge is 2.20. The van der Waals surface area contributed by atoms with E-state index in [1.807, 2.05) is 53.9 Å². The zero-order valence-electron chi connectivity index (χ0n) is 23.8. The van der Waals surface area contributed by atoms with E-state index in [-0.39, 0.29) is 11.6 Å². The molecule has 0 saturated heterocycles. The number of benzene rings is 3. The van der Waals surface area contributed by atoms with Crippen LogP contribution in [-0.2, 0) is 0 Å². The molecule has 0 aliphatic rings. The summed E-state index contributed by atoms with van der Waals surface area (Å²) in [7, 11) is 4.67. The summed E-state index contributed by atoms with van der Waals surface area (Å²) < 4.78 is 21.8. The molecule has 1 amide bonds. The number of aromatic nitrogens is 3. The Morgan fingerprint density at radius 1 is 0.886 bits per heavy atom. The van der Waals surface area contributed by atoms with Crippen LogP contribution in [0.25, 0.3) is 32.5 Å². The van der Waals surface area contributed by atoms with Gasteiger partial charge in [0.1, 0.15) is 15.7 Å². The van der Waals surface area contributed by atoms with Gasteiger partial charge in [0.15, 0.2) is 34.5 Å². The Hall–Kier alpha value is -5.40. The molecule has 0 saturated carbocycles. The van der Waals surface area contributed by atoms with Crippen LogP contribution in [0.3, 0.4) is 0 Å². The number of anilines is 4. The Morgan fingerprint density at radius 3 is 2.36 bits per heavy atom. The molecule has 0 aliphatic heterocycles. The van der Waals surface area contributed by atoms with E-state index in [4.69, 9.17) is 29.3 Å². The number of rotatable bonds is 10. The van der Waals surface area contributed by atoms with Crippen LogP contribution in [0.1, 0.15) is 10.5 Å². The summed E-state index contributed by atoms with van der Waals surface area (Å²) in [5.74, 6) is 1.91. The second-order valence-electron chi connectivity index (χ2n) is 9.24. The lowest BCUT2D eigenvalue weighted by molar-refractivity contribution is 0.102. The lowest BCUT2D eigenvalue weighted by Crippen LogP contribution is -2.13. The maximum absolute atomic E-state index is 13.1. The van der Waals surface area contributed by atoms with Gasteiger partial charge in [-0.05, 0) is 12.1 Å². The van der Waals surface area contributed by atoms with Crippen molar-refractivity contribution < 1.29 is 23.4 Å². The van der Waals surface area contributed by atoms with Crippen molar-refractivity contribution in [1.29, 1.82) is 0 Å². The summed E-state index contributed by atoms with van der Waals surface area (Å²) in [5.41, 5.74) is 10.1. The molecular weight excluding hydrogens is 601 g/mol. The highest BCUT2D eigenvalue weighted by Crippen LogP contribution is 2.43. The Bertz CT molecular complexity index is 1910. The van der Waals surface area contributed by atoms with Gasteiger partial charge in [0.05, 0.1) is 27.0 Å². The van der Waals surface area contributed by atoms with Crippen molar-refractivity contribution in [3.8, 4) is 49.7 Å². The molecule has 6 rings (SSSR count). The molecular formula is C31H26N6O5S2. The number of ether oxygens (including phenoxy) is 3. The van der Waals surface area contributed by atoms with Crippen LogP contribution in [0, 0.1) is 0 Å². The van der Waals surface area contributed by atoms with Gasteiger partial charge >= 0.3 is 0 Å². The number of nitrogens with two attached hydrogens (primary N) is 1. The normalized spacial score (nSPS) is 10.8. The van der Waals surface area contributed by atoms with Crippen LogP contribution in [0.4, 0.5) is 22.3 Å². The molecule has 3 heterocycles. The Labute approximate surface area is 260 Å². The van der Waals surface area contributed by atoms with Gasteiger partial charge < -0.3 is 35.0 Å². The number of thiazole rings is 2. The van der Waals surface area contributed by atoms with Crippen molar-refractivity contribution in [2.24, 2.45) is 0 Å². The largest absolute Gasteiger partial charge is 0.493 e. The minimum atomic E-state index is -0.377. The molecule has 11 nitrogen and oxygen atoms in total. The molecule has 3 aromatic carbocycles. The summed E-state index contributed by atoms with van der Waals surface area (Å²) in [5, 5.41) is 9.41.